The van der Waals surface area contributed by atoms with Crippen LogP contribution in [0.3, 0.4) is 0 Å². The standard InChI is InChI=1S/C19H25BrN4O/c1-5-7-10-24(6-2)18-11-13(3)21-19(23-18)22-17-9-8-15(14(4)25)12-16(17)20/h8-9,11-12H,5-7,10H2,1-4H3,(H,21,22,23). The van der Waals surface area contributed by atoms with E-state index in [4.69, 9.17) is 0 Å². The molecule has 0 saturated carbocycles. The molecule has 0 aliphatic rings. The number of ketones is 1. The molecule has 134 valence electrons. The molecule has 2 rings (SSSR count). The van der Waals surface area contributed by atoms with Crippen LogP contribution < -0.4 is 10.2 Å². The van der Waals surface area contributed by atoms with Crippen molar-refractivity contribution in [3.63, 3.8) is 0 Å². The van der Waals surface area contributed by atoms with Crippen LogP contribution in [0.15, 0.2) is 28.7 Å². The molecule has 1 aromatic heterocycles. The van der Waals surface area contributed by atoms with Gasteiger partial charge in [-0.15, -0.1) is 0 Å². The number of carbonyl (C=O) groups is 1. The van der Waals surface area contributed by atoms with Gasteiger partial charge in [0.05, 0.1) is 5.69 Å². The fourth-order valence-corrected chi connectivity index (χ4v) is 2.99. The predicted molar refractivity (Wildman–Crippen MR) is 107 cm³/mol. The van der Waals surface area contributed by atoms with E-state index in [9.17, 15) is 4.79 Å². The molecule has 0 aliphatic heterocycles. The number of halogens is 1. The highest BCUT2D eigenvalue weighted by Gasteiger charge is 2.11. The maximum atomic E-state index is 11.5. The Bertz CT molecular complexity index is 748. The Balaban J connectivity index is 2.26. The molecule has 0 spiro atoms. The van der Waals surface area contributed by atoms with E-state index >= 15 is 0 Å². The lowest BCUT2D eigenvalue weighted by Gasteiger charge is -2.22. The van der Waals surface area contributed by atoms with Crippen LogP contribution in [0.4, 0.5) is 17.5 Å². The molecule has 25 heavy (non-hydrogen) atoms. The van der Waals surface area contributed by atoms with Crippen LogP contribution in [-0.2, 0) is 0 Å². The zero-order chi connectivity index (χ0) is 18.4. The summed E-state index contributed by atoms with van der Waals surface area (Å²) in [6.45, 7) is 9.75. The lowest BCUT2D eigenvalue weighted by Crippen LogP contribution is -2.25. The zero-order valence-corrected chi connectivity index (χ0v) is 16.9. The normalized spacial score (nSPS) is 10.6. The number of Topliss-reactive ketones (excluding diaryl/α,β-unsaturated/α-hetero) is 1. The molecule has 1 heterocycles. The lowest BCUT2D eigenvalue weighted by molar-refractivity contribution is 0.101. The first-order valence-corrected chi connectivity index (χ1v) is 9.42. The lowest BCUT2D eigenvalue weighted by atomic mass is 10.1. The number of anilines is 3. The SMILES string of the molecule is CCCCN(CC)c1cc(C)nc(Nc2ccc(C(C)=O)cc2Br)n1. The summed E-state index contributed by atoms with van der Waals surface area (Å²) < 4.78 is 0.810. The molecule has 0 atom stereocenters. The first kappa shape index (κ1) is 19.4. The minimum Gasteiger partial charge on any atom is -0.357 e. The molecule has 1 aromatic carbocycles. The van der Waals surface area contributed by atoms with Gasteiger partial charge in [0.25, 0.3) is 0 Å². The summed E-state index contributed by atoms with van der Waals surface area (Å²) in [6, 6.07) is 7.48. The van der Waals surface area contributed by atoms with Crippen LogP contribution >= 0.6 is 15.9 Å². The average Bonchev–Trinajstić information content (AvgIpc) is 2.57. The summed E-state index contributed by atoms with van der Waals surface area (Å²) in [6.07, 6.45) is 2.29. The van der Waals surface area contributed by atoms with E-state index in [1.54, 1.807) is 19.1 Å². The van der Waals surface area contributed by atoms with Gasteiger partial charge in [-0.3, -0.25) is 4.79 Å². The Morgan fingerprint density at radius 2 is 2.00 bits per heavy atom. The highest BCUT2D eigenvalue weighted by molar-refractivity contribution is 9.10. The van der Waals surface area contributed by atoms with Gasteiger partial charge in [0.2, 0.25) is 5.95 Å². The molecular formula is C19H25BrN4O. The molecule has 0 fully saturated rings. The number of nitrogens with zero attached hydrogens (tertiary/aromatic N) is 3. The maximum absolute atomic E-state index is 11.5. The van der Waals surface area contributed by atoms with E-state index in [0.717, 1.165) is 47.6 Å². The molecule has 1 N–H and O–H groups in total. The minimum absolute atomic E-state index is 0.0378. The number of unbranched alkanes of at least 4 members (excludes halogenated alkanes) is 1. The van der Waals surface area contributed by atoms with Gasteiger partial charge >= 0.3 is 0 Å². The summed E-state index contributed by atoms with van der Waals surface area (Å²) in [5.74, 6) is 1.53. The van der Waals surface area contributed by atoms with Gasteiger partial charge in [0.1, 0.15) is 5.82 Å². The first-order valence-electron chi connectivity index (χ1n) is 8.62. The third-order valence-electron chi connectivity index (χ3n) is 3.95. The topological polar surface area (TPSA) is 58.1 Å². The largest absolute Gasteiger partial charge is 0.357 e. The van der Waals surface area contributed by atoms with Crippen molar-refractivity contribution in [2.45, 2.75) is 40.5 Å². The minimum atomic E-state index is 0.0378. The molecule has 2 aromatic rings. The zero-order valence-electron chi connectivity index (χ0n) is 15.3. The highest BCUT2D eigenvalue weighted by atomic mass is 79.9. The smallest absolute Gasteiger partial charge is 0.229 e. The number of benzene rings is 1. The number of hydrogen-bond acceptors (Lipinski definition) is 5. The van der Waals surface area contributed by atoms with E-state index in [1.165, 1.54) is 0 Å². The van der Waals surface area contributed by atoms with Crippen LogP contribution in [0.2, 0.25) is 0 Å². The second-order valence-electron chi connectivity index (χ2n) is 6.00. The Morgan fingerprint density at radius 1 is 1.24 bits per heavy atom. The number of hydrogen-bond donors (Lipinski definition) is 1. The van der Waals surface area contributed by atoms with Gasteiger partial charge in [-0.05, 0) is 61.3 Å². The van der Waals surface area contributed by atoms with Crippen molar-refractivity contribution >= 4 is 39.2 Å². The molecule has 0 bridgehead atoms. The van der Waals surface area contributed by atoms with Crippen LogP contribution in [0.5, 0.6) is 0 Å². The van der Waals surface area contributed by atoms with E-state index in [2.05, 4.69) is 50.0 Å². The maximum Gasteiger partial charge on any atom is 0.229 e. The van der Waals surface area contributed by atoms with Crippen molar-refractivity contribution in [3.8, 4) is 0 Å². The summed E-state index contributed by atoms with van der Waals surface area (Å²) in [5, 5.41) is 3.25. The van der Waals surface area contributed by atoms with Crippen LogP contribution in [0.25, 0.3) is 0 Å². The average molecular weight is 405 g/mol. The van der Waals surface area contributed by atoms with Gasteiger partial charge in [0, 0.05) is 34.9 Å². The Morgan fingerprint density at radius 3 is 2.60 bits per heavy atom. The fraction of sp³-hybridized carbons (Fsp3) is 0.421. The van der Waals surface area contributed by atoms with Gasteiger partial charge in [-0.2, -0.15) is 4.98 Å². The summed E-state index contributed by atoms with van der Waals surface area (Å²) in [5.41, 5.74) is 2.41. The Kier molecular flexibility index (Phi) is 6.93. The van der Waals surface area contributed by atoms with Crippen molar-refractivity contribution in [1.82, 2.24) is 9.97 Å². The van der Waals surface area contributed by atoms with E-state index < -0.39 is 0 Å². The third kappa shape index (κ3) is 5.26. The highest BCUT2D eigenvalue weighted by Crippen LogP contribution is 2.27. The summed E-state index contributed by atoms with van der Waals surface area (Å²) >= 11 is 3.51. The summed E-state index contributed by atoms with van der Waals surface area (Å²) in [7, 11) is 0. The second-order valence-corrected chi connectivity index (χ2v) is 6.85. The molecule has 0 amide bonds. The van der Waals surface area contributed by atoms with Crippen molar-refractivity contribution in [1.29, 1.82) is 0 Å². The van der Waals surface area contributed by atoms with Crippen molar-refractivity contribution in [2.24, 2.45) is 0 Å². The van der Waals surface area contributed by atoms with E-state index in [1.807, 2.05) is 19.1 Å². The van der Waals surface area contributed by atoms with Crippen molar-refractivity contribution in [2.75, 3.05) is 23.3 Å². The van der Waals surface area contributed by atoms with Gasteiger partial charge < -0.3 is 10.2 Å². The van der Waals surface area contributed by atoms with Crippen LogP contribution in [0, 0.1) is 6.92 Å². The van der Waals surface area contributed by atoms with E-state index in [-0.39, 0.29) is 5.78 Å². The molecule has 0 aliphatic carbocycles. The van der Waals surface area contributed by atoms with Crippen LogP contribution in [0.1, 0.15) is 49.7 Å². The second kappa shape index (κ2) is 8.94. The summed E-state index contributed by atoms with van der Waals surface area (Å²) in [4.78, 5) is 22.9. The first-order chi connectivity index (χ1) is 11.9. The number of nitrogens with one attached hydrogen (secondary N) is 1. The van der Waals surface area contributed by atoms with Crippen molar-refractivity contribution < 1.29 is 4.79 Å². The molecular weight excluding hydrogens is 380 g/mol. The number of rotatable bonds is 8. The molecule has 0 radical (unpaired) electrons. The monoisotopic (exact) mass is 404 g/mol. The van der Waals surface area contributed by atoms with Crippen LogP contribution in [-0.4, -0.2) is 28.8 Å². The molecule has 5 nitrogen and oxygen atoms in total. The Labute approximate surface area is 158 Å². The Hall–Kier alpha value is -1.95. The molecule has 0 unspecified atom stereocenters. The number of aromatic nitrogens is 2. The molecule has 6 heteroatoms. The number of aryl methyl sites for hydroxylation is 1. The third-order valence-corrected chi connectivity index (χ3v) is 4.61. The van der Waals surface area contributed by atoms with Gasteiger partial charge in [-0.1, -0.05) is 13.3 Å². The number of carbonyl (C=O) groups excluding carboxylic acids is 1. The van der Waals surface area contributed by atoms with Crippen molar-refractivity contribution in [3.05, 3.63) is 40.0 Å². The van der Waals surface area contributed by atoms with E-state index in [0.29, 0.717) is 11.5 Å². The van der Waals surface area contributed by atoms with Gasteiger partial charge in [-0.25, -0.2) is 4.98 Å². The predicted octanol–water partition coefficient (Wildman–Crippen LogP) is 5.12. The van der Waals surface area contributed by atoms with Gasteiger partial charge in [0.15, 0.2) is 5.78 Å². The fourth-order valence-electron chi connectivity index (χ4n) is 2.51. The molecule has 0 saturated heterocycles. The quantitative estimate of drug-likeness (QED) is 0.618.